The van der Waals surface area contributed by atoms with Crippen LogP contribution in [0.4, 0.5) is 0 Å². The van der Waals surface area contributed by atoms with Gasteiger partial charge in [0.15, 0.2) is 0 Å². The van der Waals surface area contributed by atoms with Gasteiger partial charge in [-0.3, -0.25) is 0 Å². The molecule has 0 aromatic heterocycles. The fraction of sp³-hybridized carbons (Fsp3) is 0.250. The summed E-state index contributed by atoms with van der Waals surface area (Å²) in [6.45, 7) is 0.320. The predicted molar refractivity (Wildman–Crippen MR) is 112 cm³/mol. The summed E-state index contributed by atoms with van der Waals surface area (Å²) in [6, 6.07) is 29.4. The van der Waals surface area contributed by atoms with Gasteiger partial charge in [0.1, 0.15) is 12.4 Å². The van der Waals surface area contributed by atoms with Crippen molar-refractivity contribution in [2.45, 2.75) is 18.3 Å². The molecule has 2 nitrogen and oxygen atoms in total. The molecule has 0 aliphatic carbocycles. The van der Waals surface area contributed by atoms with E-state index in [1.54, 1.807) is 0 Å². The predicted octanol–water partition coefficient (Wildman–Crippen LogP) is 5.60. The number of ether oxygens (including phenoxy) is 1. The second-order valence-electron chi connectivity index (χ2n) is 6.52. The minimum Gasteiger partial charge on any atom is -0.491 e. The Bertz CT molecular complexity index is 788. The smallest absolute Gasteiger partial charge is 0.119 e. The molecule has 0 aliphatic rings. The van der Waals surface area contributed by atoms with Crippen molar-refractivity contribution in [2.24, 2.45) is 0 Å². The maximum Gasteiger partial charge on any atom is 0.119 e. The zero-order valence-corrected chi connectivity index (χ0v) is 16.1. The average Bonchev–Trinajstić information content (AvgIpc) is 2.74. The third kappa shape index (κ3) is 5.12. The number of halogens is 1. The lowest BCUT2D eigenvalue weighted by atomic mass is 9.76. The zero-order valence-electron chi connectivity index (χ0n) is 15.3. The lowest BCUT2D eigenvalue weighted by molar-refractivity contribution is 0.201. The maximum atomic E-state index is 8.94. The minimum atomic E-state index is 0.0141. The molecule has 0 saturated heterocycles. The van der Waals surface area contributed by atoms with Crippen LogP contribution in [0.1, 0.15) is 34.9 Å². The van der Waals surface area contributed by atoms with E-state index in [-0.39, 0.29) is 18.4 Å². The van der Waals surface area contributed by atoms with Crippen LogP contribution in [0.25, 0.3) is 0 Å². The Kier molecular flexibility index (Phi) is 7.32. The highest BCUT2D eigenvalue weighted by atomic mass is 35.5. The molecule has 1 N–H and O–H groups in total. The Morgan fingerprint density at radius 3 is 1.85 bits per heavy atom. The third-order valence-electron chi connectivity index (χ3n) is 4.81. The SMILES string of the molecule is OCCOc1ccc(C(c2ccccc2)C(CCCl)c2ccccc2)cc1. The number of benzene rings is 3. The molecule has 0 bridgehead atoms. The van der Waals surface area contributed by atoms with Crippen molar-refractivity contribution in [1.82, 2.24) is 0 Å². The summed E-state index contributed by atoms with van der Waals surface area (Å²) in [6.07, 6.45) is 0.897. The van der Waals surface area contributed by atoms with Gasteiger partial charge in [-0.25, -0.2) is 0 Å². The first-order valence-electron chi connectivity index (χ1n) is 9.33. The summed E-state index contributed by atoms with van der Waals surface area (Å²) in [5.74, 6) is 1.88. The fourth-order valence-corrected chi connectivity index (χ4v) is 3.83. The van der Waals surface area contributed by atoms with Crippen LogP contribution in [0.2, 0.25) is 0 Å². The first kappa shape index (κ1) is 19.5. The molecule has 3 aromatic rings. The normalized spacial score (nSPS) is 13.1. The number of rotatable bonds is 9. The van der Waals surface area contributed by atoms with E-state index in [4.69, 9.17) is 21.4 Å². The molecule has 3 heteroatoms. The molecule has 0 fully saturated rings. The van der Waals surface area contributed by atoms with Crippen molar-refractivity contribution < 1.29 is 9.84 Å². The van der Waals surface area contributed by atoms with Crippen molar-refractivity contribution in [3.63, 3.8) is 0 Å². The largest absolute Gasteiger partial charge is 0.491 e. The molecule has 0 radical (unpaired) electrons. The lowest BCUT2D eigenvalue weighted by Gasteiger charge is -2.28. The Hall–Kier alpha value is -2.29. The molecule has 27 heavy (non-hydrogen) atoms. The second kappa shape index (κ2) is 10.1. The molecule has 0 spiro atoms. The topological polar surface area (TPSA) is 29.5 Å². The van der Waals surface area contributed by atoms with Gasteiger partial charge in [0.25, 0.3) is 0 Å². The van der Waals surface area contributed by atoms with Gasteiger partial charge < -0.3 is 9.84 Å². The molecule has 3 aromatic carbocycles. The third-order valence-corrected chi connectivity index (χ3v) is 5.03. The minimum absolute atomic E-state index is 0.0141. The van der Waals surface area contributed by atoms with Crippen molar-refractivity contribution >= 4 is 11.6 Å². The Balaban J connectivity index is 2.00. The van der Waals surface area contributed by atoms with Gasteiger partial charge in [0.2, 0.25) is 0 Å². The van der Waals surface area contributed by atoms with Crippen LogP contribution >= 0.6 is 11.6 Å². The molecule has 0 amide bonds. The first-order valence-corrected chi connectivity index (χ1v) is 9.86. The van der Waals surface area contributed by atoms with E-state index in [1.807, 2.05) is 24.3 Å². The van der Waals surface area contributed by atoms with Crippen molar-refractivity contribution in [3.05, 3.63) is 102 Å². The summed E-state index contributed by atoms with van der Waals surface area (Å²) in [5, 5.41) is 8.94. The molecule has 2 unspecified atom stereocenters. The van der Waals surface area contributed by atoms with Crippen LogP contribution in [0, 0.1) is 0 Å². The van der Waals surface area contributed by atoms with Crippen LogP contribution in [0.5, 0.6) is 5.75 Å². The van der Waals surface area contributed by atoms with Crippen molar-refractivity contribution in [2.75, 3.05) is 19.1 Å². The van der Waals surface area contributed by atoms with E-state index in [1.165, 1.54) is 16.7 Å². The van der Waals surface area contributed by atoms with Gasteiger partial charge in [-0.15, -0.1) is 11.6 Å². The molecular weight excluding hydrogens is 356 g/mol. The number of aliphatic hydroxyl groups excluding tert-OH is 1. The van der Waals surface area contributed by atoms with E-state index < -0.39 is 0 Å². The maximum absolute atomic E-state index is 8.94. The number of hydrogen-bond acceptors (Lipinski definition) is 2. The van der Waals surface area contributed by atoms with Gasteiger partial charge in [-0.05, 0) is 41.2 Å². The van der Waals surface area contributed by atoms with Crippen LogP contribution in [0.15, 0.2) is 84.9 Å². The first-order chi connectivity index (χ1) is 13.3. The summed E-state index contributed by atoms with van der Waals surface area (Å²) >= 11 is 6.20. The Labute approximate surface area is 166 Å². The highest BCUT2D eigenvalue weighted by molar-refractivity contribution is 6.17. The van der Waals surface area contributed by atoms with Crippen molar-refractivity contribution in [1.29, 1.82) is 0 Å². The monoisotopic (exact) mass is 380 g/mol. The van der Waals surface area contributed by atoms with Gasteiger partial charge in [0.05, 0.1) is 6.61 Å². The molecule has 0 heterocycles. The van der Waals surface area contributed by atoms with Crippen LogP contribution in [0.3, 0.4) is 0 Å². The van der Waals surface area contributed by atoms with E-state index >= 15 is 0 Å². The molecule has 0 aliphatic heterocycles. The quantitative estimate of drug-likeness (QED) is 0.489. The average molecular weight is 381 g/mol. The fourth-order valence-electron chi connectivity index (χ4n) is 3.60. The van der Waals surface area contributed by atoms with E-state index in [9.17, 15) is 0 Å². The van der Waals surface area contributed by atoms with Crippen LogP contribution < -0.4 is 4.74 Å². The standard InChI is InChI=1S/C24H25ClO2/c25-16-15-23(19-7-3-1-4-8-19)24(20-9-5-2-6-10-20)21-11-13-22(14-12-21)27-18-17-26/h1-14,23-24,26H,15-18H2. The lowest BCUT2D eigenvalue weighted by Crippen LogP contribution is -2.14. The van der Waals surface area contributed by atoms with E-state index in [2.05, 4.69) is 60.7 Å². The number of aliphatic hydroxyl groups is 1. The number of hydrogen-bond donors (Lipinski definition) is 1. The molecule has 3 rings (SSSR count). The van der Waals surface area contributed by atoms with E-state index in [0.717, 1.165) is 12.2 Å². The Morgan fingerprint density at radius 2 is 1.30 bits per heavy atom. The summed E-state index contributed by atoms with van der Waals surface area (Å²) < 4.78 is 5.52. The van der Waals surface area contributed by atoms with Gasteiger partial charge in [-0.1, -0.05) is 72.8 Å². The van der Waals surface area contributed by atoms with Crippen LogP contribution in [-0.2, 0) is 0 Å². The number of alkyl halides is 1. The molecule has 140 valence electrons. The molecule has 0 saturated carbocycles. The second-order valence-corrected chi connectivity index (χ2v) is 6.90. The van der Waals surface area contributed by atoms with Crippen molar-refractivity contribution in [3.8, 4) is 5.75 Å². The highest BCUT2D eigenvalue weighted by Gasteiger charge is 2.26. The van der Waals surface area contributed by atoms with Gasteiger partial charge in [-0.2, -0.15) is 0 Å². The Morgan fingerprint density at radius 1 is 0.741 bits per heavy atom. The zero-order chi connectivity index (χ0) is 18.9. The molecular formula is C24H25ClO2. The summed E-state index contributed by atoms with van der Waals surface area (Å²) in [4.78, 5) is 0. The van der Waals surface area contributed by atoms with Gasteiger partial charge >= 0.3 is 0 Å². The van der Waals surface area contributed by atoms with Gasteiger partial charge in [0, 0.05) is 11.8 Å². The molecule has 2 atom stereocenters. The van der Waals surface area contributed by atoms with Crippen LogP contribution in [-0.4, -0.2) is 24.2 Å². The summed E-state index contributed by atoms with van der Waals surface area (Å²) in [5.41, 5.74) is 3.81. The summed E-state index contributed by atoms with van der Waals surface area (Å²) in [7, 11) is 0. The van der Waals surface area contributed by atoms with E-state index in [0.29, 0.717) is 12.5 Å². The highest BCUT2D eigenvalue weighted by Crippen LogP contribution is 2.41.